The average Bonchev–Trinajstić information content (AvgIpc) is 2.64. The molecule has 1 nitrogen and oxygen atoms in total. The van der Waals surface area contributed by atoms with Gasteiger partial charge < -0.3 is 5.73 Å². The van der Waals surface area contributed by atoms with E-state index in [1.807, 2.05) is 11.3 Å². The van der Waals surface area contributed by atoms with Crippen molar-refractivity contribution in [2.45, 2.75) is 46.1 Å². The summed E-state index contributed by atoms with van der Waals surface area (Å²) >= 11 is 1.84. The molecule has 0 spiro atoms. The standard InChI is InChI=1S/C15H21NS/c1-5-11-12-8-10(15(2,3)4)6-7-13(12)17-14(11)9-16/h6-8H,5,9,16H2,1-4H3. The van der Waals surface area contributed by atoms with Gasteiger partial charge in [-0.3, -0.25) is 0 Å². The van der Waals surface area contributed by atoms with Crippen LogP contribution in [-0.4, -0.2) is 0 Å². The molecule has 0 radical (unpaired) electrons. The van der Waals surface area contributed by atoms with Crippen molar-refractivity contribution in [1.29, 1.82) is 0 Å². The highest BCUT2D eigenvalue weighted by Gasteiger charge is 2.16. The van der Waals surface area contributed by atoms with Crippen LogP contribution in [0.3, 0.4) is 0 Å². The van der Waals surface area contributed by atoms with Crippen LogP contribution >= 0.6 is 11.3 Å². The van der Waals surface area contributed by atoms with Crippen LogP contribution in [0.1, 0.15) is 43.7 Å². The average molecular weight is 247 g/mol. The number of aryl methyl sites for hydroxylation is 1. The Labute approximate surface area is 108 Å². The van der Waals surface area contributed by atoms with E-state index in [9.17, 15) is 0 Å². The van der Waals surface area contributed by atoms with Crippen molar-refractivity contribution >= 4 is 21.4 Å². The SMILES string of the molecule is CCc1c(CN)sc2ccc(C(C)(C)C)cc12. The van der Waals surface area contributed by atoms with Gasteiger partial charge in [0.1, 0.15) is 0 Å². The molecule has 2 heteroatoms. The van der Waals surface area contributed by atoms with Crippen LogP contribution in [0.2, 0.25) is 0 Å². The number of thiophene rings is 1. The summed E-state index contributed by atoms with van der Waals surface area (Å²) in [6.07, 6.45) is 1.07. The van der Waals surface area contributed by atoms with Gasteiger partial charge >= 0.3 is 0 Å². The molecule has 92 valence electrons. The van der Waals surface area contributed by atoms with Crippen molar-refractivity contribution in [3.05, 3.63) is 34.2 Å². The van der Waals surface area contributed by atoms with Gasteiger partial charge in [0.05, 0.1) is 0 Å². The van der Waals surface area contributed by atoms with Gasteiger partial charge in [0.15, 0.2) is 0 Å². The lowest BCUT2D eigenvalue weighted by atomic mass is 9.86. The molecule has 0 amide bonds. The van der Waals surface area contributed by atoms with Crippen molar-refractivity contribution in [3.63, 3.8) is 0 Å². The van der Waals surface area contributed by atoms with E-state index in [2.05, 4.69) is 45.9 Å². The third-order valence-electron chi connectivity index (χ3n) is 3.28. The lowest BCUT2D eigenvalue weighted by Gasteiger charge is -2.19. The number of hydrogen-bond acceptors (Lipinski definition) is 2. The van der Waals surface area contributed by atoms with Gasteiger partial charge in [-0.1, -0.05) is 33.8 Å². The van der Waals surface area contributed by atoms with Crippen LogP contribution in [0.15, 0.2) is 18.2 Å². The fourth-order valence-electron chi connectivity index (χ4n) is 2.22. The van der Waals surface area contributed by atoms with E-state index >= 15 is 0 Å². The third-order valence-corrected chi connectivity index (χ3v) is 4.51. The van der Waals surface area contributed by atoms with E-state index in [1.165, 1.54) is 26.1 Å². The number of fused-ring (bicyclic) bond motifs is 1. The quantitative estimate of drug-likeness (QED) is 0.845. The summed E-state index contributed by atoms with van der Waals surface area (Å²) in [6, 6.07) is 6.85. The Kier molecular flexibility index (Phi) is 3.28. The minimum atomic E-state index is 0.212. The van der Waals surface area contributed by atoms with E-state index in [4.69, 9.17) is 5.73 Å². The van der Waals surface area contributed by atoms with Gasteiger partial charge in [-0.05, 0) is 40.5 Å². The molecule has 0 atom stereocenters. The molecule has 0 aliphatic carbocycles. The van der Waals surface area contributed by atoms with E-state index < -0.39 is 0 Å². The lowest BCUT2D eigenvalue weighted by Crippen LogP contribution is -2.10. The van der Waals surface area contributed by atoms with Crippen molar-refractivity contribution < 1.29 is 0 Å². The first-order valence-corrected chi connectivity index (χ1v) is 7.04. The minimum Gasteiger partial charge on any atom is -0.326 e. The molecule has 1 heterocycles. The fraction of sp³-hybridized carbons (Fsp3) is 0.467. The highest BCUT2D eigenvalue weighted by Crippen LogP contribution is 2.34. The zero-order valence-electron chi connectivity index (χ0n) is 11.1. The van der Waals surface area contributed by atoms with Gasteiger partial charge in [0.2, 0.25) is 0 Å². The summed E-state index contributed by atoms with van der Waals surface area (Å²) in [5, 5.41) is 1.41. The van der Waals surface area contributed by atoms with Crippen molar-refractivity contribution in [2.75, 3.05) is 0 Å². The molecule has 0 fully saturated rings. The van der Waals surface area contributed by atoms with E-state index in [0.29, 0.717) is 6.54 Å². The third kappa shape index (κ3) is 2.24. The number of benzene rings is 1. The highest BCUT2D eigenvalue weighted by molar-refractivity contribution is 7.19. The van der Waals surface area contributed by atoms with Crippen LogP contribution in [0, 0.1) is 0 Å². The molecule has 0 aliphatic heterocycles. The largest absolute Gasteiger partial charge is 0.326 e. The zero-order chi connectivity index (χ0) is 12.6. The second-order valence-corrected chi connectivity index (χ2v) is 6.66. The Morgan fingerprint density at radius 3 is 2.47 bits per heavy atom. The molecule has 0 bridgehead atoms. The molecule has 0 aliphatic rings. The number of nitrogens with two attached hydrogens (primary N) is 1. The first kappa shape index (κ1) is 12.6. The predicted molar refractivity (Wildman–Crippen MR) is 77.8 cm³/mol. The molecule has 17 heavy (non-hydrogen) atoms. The summed E-state index contributed by atoms with van der Waals surface area (Å²) in [5.74, 6) is 0. The van der Waals surface area contributed by atoms with Gasteiger partial charge in [0, 0.05) is 16.1 Å². The Hall–Kier alpha value is -0.860. The van der Waals surface area contributed by atoms with Crippen LogP contribution in [0.25, 0.3) is 10.1 Å². The Bertz CT molecular complexity index is 532. The Balaban J connectivity index is 2.67. The normalized spacial score (nSPS) is 12.3. The van der Waals surface area contributed by atoms with Gasteiger partial charge in [0.25, 0.3) is 0 Å². The smallest absolute Gasteiger partial charge is 0.0349 e. The number of hydrogen-bond donors (Lipinski definition) is 1. The van der Waals surface area contributed by atoms with Crippen LogP contribution in [0.5, 0.6) is 0 Å². The van der Waals surface area contributed by atoms with Gasteiger partial charge in [-0.25, -0.2) is 0 Å². The molecule has 1 aromatic heterocycles. The first-order chi connectivity index (χ1) is 7.97. The minimum absolute atomic E-state index is 0.212. The summed E-state index contributed by atoms with van der Waals surface area (Å²) < 4.78 is 1.37. The summed E-state index contributed by atoms with van der Waals surface area (Å²) in [7, 11) is 0. The molecule has 2 rings (SSSR count). The lowest BCUT2D eigenvalue weighted by molar-refractivity contribution is 0.591. The summed E-state index contributed by atoms with van der Waals surface area (Å²) in [6.45, 7) is 9.65. The van der Waals surface area contributed by atoms with Gasteiger partial charge in [-0.15, -0.1) is 11.3 Å². The van der Waals surface area contributed by atoms with Gasteiger partial charge in [-0.2, -0.15) is 0 Å². The molecule has 0 saturated heterocycles. The first-order valence-electron chi connectivity index (χ1n) is 6.22. The molecule has 2 aromatic rings. The van der Waals surface area contributed by atoms with Crippen molar-refractivity contribution in [2.24, 2.45) is 5.73 Å². The van der Waals surface area contributed by atoms with Crippen LogP contribution in [-0.2, 0) is 18.4 Å². The van der Waals surface area contributed by atoms with Crippen molar-refractivity contribution in [1.82, 2.24) is 0 Å². The molecule has 1 aromatic carbocycles. The maximum absolute atomic E-state index is 5.82. The van der Waals surface area contributed by atoms with E-state index in [0.717, 1.165) is 6.42 Å². The zero-order valence-corrected chi connectivity index (χ0v) is 11.9. The maximum Gasteiger partial charge on any atom is 0.0349 e. The summed E-state index contributed by atoms with van der Waals surface area (Å²) in [5.41, 5.74) is 8.88. The molecule has 0 saturated carbocycles. The monoisotopic (exact) mass is 247 g/mol. The van der Waals surface area contributed by atoms with Crippen LogP contribution < -0.4 is 5.73 Å². The molecular weight excluding hydrogens is 226 g/mol. The second kappa shape index (κ2) is 4.43. The summed E-state index contributed by atoms with van der Waals surface area (Å²) in [4.78, 5) is 1.34. The van der Waals surface area contributed by atoms with Crippen molar-refractivity contribution in [3.8, 4) is 0 Å². The Morgan fingerprint density at radius 2 is 1.94 bits per heavy atom. The molecule has 0 unspecified atom stereocenters. The van der Waals surface area contributed by atoms with E-state index in [1.54, 1.807) is 0 Å². The molecule has 2 N–H and O–H groups in total. The highest BCUT2D eigenvalue weighted by atomic mass is 32.1. The topological polar surface area (TPSA) is 26.0 Å². The second-order valence-electron chi connectivity index (χ2n) is 5.52. The molecular formula is C15H21NS. The van der Waals surface area contributed by atoms with E-state index in [-0.39, 0.29) is 5.41 Å². The number of rotatable bonds is 2. The van der Waals surface area contributed by atoms with Crippen LogP contribution in [0.4, 0.5) is 0 Å². The fourth-order valence-corrected chi connectivity index (χ4v) is 3.37. The Morgan fingerprint density at radius 1 is 1.24 bits per heavy atom. The maximum atomic E-state index is 5.82. The predicted octanol–water partition coefficient (Wildman–Crippen LogP) is 4.22.